The Labute approximate surface area is 178 Å². The number of hydrogen-bond acceptors (Lipinski definition) is 4. The number of aromatic nitrogens is 3. The molecule has 11 heteroatoms. The lowest BCUT2D eigenvalue weighted by atomic mass is 10.1. The summed E-state index contributed by atoms with van der Waals surface area (Å²) in [4.78, 5) is 9.70. The minimum Gasteiger partial charge on any atom is -0.352 e. The van der Waals surface area contributed by atoms with E-state index >= 15 is 0 Å². The lowest BCUT2D eigenvalue weighted by Crippen LogP contribution is -2.44. The molecule has 1 unspecified atom stereocenters. The standard InChI is InChI=1S/C17H22F3N7.HI/c1-21-16(25-14-5-6-27(9-14)10-17(18,19)20)22-8-12-3-2-4-13(7-12)15-23-11-24-26-15;/h2-4,7,11,14H,5-6,8-10H2,1H3,(H2,21,22,25)(H,23,24,26);1H. The summed E-state index contributed by atoms with van der Waals surface area (Å²) >= 11 is 0. The van der Waals surface area contributed by atoms with Crippen LogP contribution in [-0.2, 0) is 6.54 Å². The largest absolute Gasteiger partial charge is 0.401 e. The van der Waals surface area contributed by atoms with E-state index in [2.05, 4.69) is 30.8 Å². The van der Waals surface area contributed by atoms with Gasteiger partial charge >= 0.3 is 6.18 Å². The number of hydrogen-bond donors (Lipinski definition) is 3. The minimum atomic E-state index is -4.16. The monoisotopic (exact) mass is 509 g/mol. The molecule has 0 amide bonds. The molecule has 28 heavy (non-hydrogen) atoms. The molecule has 0 aliphatic carbocycles. The van der Waals surface area contributed by atoms with Crippen LogP contribution in [-0.4, -0.2) is 64.9 Å². The third-order valence-electron chi connectivity index (χ3n) is 4.32. The number of likely N-dealkylation sites (tertiary alicyclic amines) is 1. The molecule has 1 atom stereocenters. The van der Waals surface area contributed by atoms with E-state index in [9.17, 15) is 13.2 Å². The Kier molecular flexibility index (Phi) is 8.04. The Bertz CT molecular complexity index is 764. The van der Waals surface area contributed by atoms with Crippen molar-refractivity contribution >= 4 is 29.9 Å². The smallest absolute Gasteiger partial charge is 0.352 e. The molecule has 1 fully saturated rings. The van der Waals surface area contributed by atoms with Gasteiger partial charge in [-0.15, -0.1) is 24.0 Å². The van der Waals surface area contributed by atoms with Crippen molar-refractivity contribution < 1.29 is 13.2 Å². The second-order valence-electron chi connectivity index (χ2n) is 6.44. The highest BCUT2D eigenvalue weighted by Gasteiger charge is 2.34. The molecule has 1 aliphatic rings. The van der Waals surface area contributed by atoms with Crippen molar-refractivity contribution in [2.75, 3.05) is 26.7 Å². The molecule has 3 N–H and O–H groups in total. The van der Waals surface area contributed by atoms with Crippen LogP contribution in [0.25, 0.3) is 11.4 Å². The van der Waals surface area contributed by atoms with Crippen molar-refractivity contribution in [2.45, 2.75) is 25.2 Å². The third kappa shape index (κ3) is 6.62. The number of aliphatic imine (C=N–C) groups is 1. The number of aromatic amines is 1. The molecule has 1 aromatic carbocycles. The molecular formula is C17H23F3IN7. The van der Waals surface area contributed by atoms with Crippen LogP contribution in [0.4, 0.5) is 13.2 Å². The minimum absolute atomic E-state index is 0. The van der Waals surface area contributed by atoms with E-state index in [0.717, 1.165) is 11.1 Å². The second kappa shape index (κ2) is 10.0. The molecule has 2 heterocycles. The predicted molar refractivity (Wildman–Crippen MR) is 111 cm³/mol. The van der Waals surface area contributed by atoms with Gasteiger partial charge in [0.15, 0.2) is 11.8 Å². The summed E-state index contributed by atoms with van der Waals surface area (Å²) < 4.78 is 37.5. The lowest BCUT2D eigenvalue weighted by Gasteiger charge is -2.20. The summed E-state index contributed by atoms with van der Waals surface area (Å²) in [5.74, 6) is 1.26. The Hall–Kier alpha value is -1.89. The van der Waals surface area contributed by atoms with Crippen molar-refractivity contribution in [3.05, 3.63) is 36.2 Å². The van der Waals surface area contributed by atoms with Crippen LogP contribution in [0.2, 0.25) is 0 Å². The van der Waals surface area contributed by atoms with Gasteiger partial charge in [0.25, 0.3) is 0 Å². The highest BCUT2D eigenvalue weighted by Crippen LogP contribution is 2.20. The number of halogens is 4. The zero-order valence-electron chi connectivity index (χ0n) is 15.3. The van der Waals surface area contributed by atoms with E-state index in [1.807, 2.05) is 24.3 Å². The van der Waals surface area contributed by atoms with Crippen molar-refractivity contribution in [3.8, 4) is 11.4 Å². The molecule has 154 valence electrons. The Morgan fingerprint density at radius 3 is 2.89 bits per heavy atom. The first kappa shape index (κ1) is 22.4. The van der Waals surface area contributed by atoms with Crippen LogP contribution in [0, 0.1) is 0 Å². The summed E-state index contributed by atoms with van der Waals surface area (Å²) in [5, 5.41) is 13.1. The maximum atomic E-state index is 12.5. The highest BCUT2D eigenvalue weighted by atomic mass is 127. The molecular weight excluding hydrogens is 486 g/mol. The van der Waals surface area contributed by atoms with Crippen LogP contribution < -0.4 is 10.6 Å². The zero-order valence-corrected chi connectivity index (χ0v) is 17.7. The van der Waals surface area contributed by atoms with Gasteiger partial charge in [-0.2, -0.15) is 18.3 Å². The van der Waals surface area contributed by atoms with Gasteiger partial charge in [-0.25, -0.2) is 4.98 Å². The number of benzene rings is 1. The number of guanidine groups is 1. The third-order valence-corrected chi connectivity index (χ3v) is 4.32. The van der Waals surface area contributed by atoms with Crippen LogP contribution in [0.1, 0.15) is 12.0 Å². The van der Waals surface area contributed by atoms with Crippen molar-refractivity contribution in [2.24, 2.45) is 4.99 Å². The van der Waals surface area contributed by atoms with Gasteiger partial charge < -0.3 is 10.6 Å². The van der Waals surface area contributed by atoms with Gasteiger partial charge in [-0.05, 0) is 18.1 Å². The summed E-state index contributed by atoms with van der Waals surface area (Å²) in [6.45, 7) is 0.431. The molecule has 1 saturated heterocycles. The fourth-order valence-corrected chi connectivity index (χ4v) is 3.09. The molecule has 3 rings (SSSR count). The first-order valence-corrected chi connectivity index (χ1v) is 8.64. The first-order valence-electron chi connectivity index (χ1n) is 8.64. The van der Waals surface area contributed by atoms with Crippen LogP contribution in [0.3, 0.4) is 0 Å². The fourth-order valence-electron chi connectivity index (χ4n) is 3.09. The normalized spacial score (nSPS) is 18.0. The van der Waals surface area contributed by atoms with E-state index in [-0.39, 0.29) is 30.0 Å². The van der Waals surface area contributed by atoms with E-state index < -0.39 is 12.7 Å². The first-order chi connectivity index (χ1) is 12.9. The van der Waals surface area contributed by atoms with Crippen LogP contribution >= 0.6 is 24.0 Å². The van der Waals surface area contributed by atoms with Gasteiger partial charge in [0.2, 0.25) is 0 Å². The average molecular weight is 509 g/mol. The molecule has 0 saturated carbocycles. The van der Waals surface area contributed by atoms with Crippen LogP contribution in [0.15, 0.2) is 35.6 Å². The van der Waals surface area contributed by atoms with E-state index in [4.69, 9.17) is 0 Å². The summed E-state index contributed by atoms with van der Waals surface area (Å²) in [6, 6.07) is 7.77. The Balaban J connectivity index is 0.00000280. The highest BCUT2D eigenvalue weighted by molar-refractivity contribution is 14.0. The summed E-state index contributed by atoms with van der Waals surface area (Å²) in [7, 11) is 1.64. The van der Waals surface area contributed by atoms with E-state index in [1.54, 1.807) is 7.05 Å². The topological polar surface area (TPSA) is 81.2 Å². The van der Waals surface area contributed by atoms with Crippen molar-refractivity contribution in [1.82, 2.24) is 30.7 Å². The molecule has 0 bridgehead atoms. The molecule has 1 aliphatic heterocycles. The quantitative estimate of drug-likeness (QED) is 0.328. The average Bonchev–Trinajstić information content (AvgIpc) is 3.29. The van der Waals surface area contributed by atoms with Gasteiger partial charge in [-0.3, -0.25) is 15.0 Å². The van der Waals surface area contributed by atoms with Crippen LogP contribution in [0.5, 0.6) is 0 Å². The second-order valence-corrected chi connectivity index (χ2v) is 6.44. The van der Waals surface area contributed by atoms with Gasteiger partial charge in [0, 0.05) is 38.3 Å². The Morgan fingerprint density at radius 2 is 2.21 bits per heavy atom. The van der Waals surface area contributed by atoms with Gasteiger partial charge in [0.1, 0.15) is 6.33 Å². The maximum absolute atomic E-state index is 12.5. The Morgan fingerprint density at radius 1 is 1.39 bits per heavy atom. The number of rotatable bonds is 5. The zero-order chi connectivity index (χ0) is 19.3. The SMILES string of the molecule is CN=C(NCc1cccc(-c2ncn[nH]2)c1)NC1CCN(CC(F)(F)F)C1.I. The van der Waals surface area contributed by atoms with Crippen molar-refractivity contribution in [1.29, 1.82) is 0 Å². The van der Waals surface area contributed by atoms with E-state index in [1.165, 1.54) is 11.2 Å². The molecule has 0 spiro atoms. The van der Waals surface area contributed by atoms with Crippen molar-refractivity contribution in [3.63, 3.8) is 0 Å². The summed E-state index contributed by atoms with van der Waals surface area (Å²) in [6.07, 6.45) is -2.06. The number of H-pyrrole nitrogens is 1. The fraction of sp³-hybridized carbons (Fsp3) is 0.471. The maximum Gasteiger partial charge on any atom is 0.401 e. The summed E-state index contributed by atoms with van der Waals surface area (Å²) in [5.41, 5.74) is 1.95. The molecule has 0 radical (unpaired) electrons. The predicted octanol–water partition coefficient (Wildman–Crippen LogP) is 2.39. The lowest BCUT2D eigenvalue weighted by molar-refractivity contribution is -0.143. The van der Waals surface area contributed by atoms with Gasteiger partial charge in [-0.1, -0.05) is 18.2 Å². The number of nitrogens with zero attached hydrogens (tertiary/aromatic N) is 4. The number of alkyl halides is 3. The molecule has 1 aromatic heterocycles. The molecule has 7 nitrogen and oxygen atoms in total. The van der Waals surface area contributed by atoms with E-state index in [0.29, 0.717) is 37.8 Å². The number of nitrogens with one attached hydrogen (secondary N) is 3. The molecule has 2 aromatic rings. The van der Waals surface area contributed by atoms with Gasteiger partial charge in [0.05, 0.1) is 6.54 Å².